The molecular weight excluding hydrogens is 486 g/mol. The third-order valence-electron chi connectivity index (χ3n) is 6.19. The van der Waals surface area contributed by atoms with Gasteiger partial charge in [-0.3, -0.25) is 4.79 Å². The highest BCUT2D eigenvalue weighted by Crippen LogP contribution is 2.20. The van der Waals surface area contributed by atoms with Crippen LogP contribution in [0.2, 0.25) is 5.02 Å². The van der Waals surface area contributed by atoms with Crippen LogP contribution in [0.1, 0.15) is 36.2 Å². The molecule has 1 aromatic heterocycles. The van der Waals surface area contributed by atoms with E-state index in [0.717, 1.165) is 71.7 Å². The van der Waals surface area contributed by atoms with Gasteiger partial charge in [-0.1, -0.05) is 35.9 Å². The number of nitrogens with one attached hydrogen (secondary N) is 1. The summed E-state index contributed by atoms with van der Waals surface area (Å²) >= 11 is 5.93. The number of nitrogens with zero attached hydrogens (tertiary/aromatic N) is 2. The molecule has 0 saturated heterocycles. The lowest BCUT2D eigenvalue weighted by atomic mass is 10.1. The van der Waals surface area contributed by atoms with Gasteiger partial charge in [-0.05, 0) is 86.7 Å². The van der Waals surface area contributed by atoms with Crippen molar-refractivity contribution in [3.8, 4) is 11.5 Å². The quantitative estimate of drug-likeness (QED) is 0.211. The molecule has 1 heterocycles. The number of para-hydroxylation sites is 2. The average molecular weight is 520 g/mol. The molecule has 0 atom stereocenters. The highest BCUT2D eigenvalue weighted by atomic mass is 35.5. The van der Waals surface area contributed by atoms with Crippen LogP contribution in [0.4, 0.5) is 0 Å². The molecule has 4 aromatic rings. The number of unbranched alkanes of at least 4 members (excludes halogenated alkanes) is 1. The number of aromatic nitrogens is 2. The number of hydrogen-bond donors (Lipinski definition) is 1. The zero-order valence-electron chi connectivity index (χ0n) is 21.5. The van der Waals surface area contributed by atoms with Gasteiger partial charge in [-0.15, -0.1) is 0 Å². The summed E-state index contributed by atoms with van der Waals surface area (Å²) in [6, 6.07) is 21.7. The van der Waals surface area contributed by atoms with Gasteiger partial charge in [0.25, 0.3) is 5.91 Å². The minimum atomic E-state index is -0.116. The Kier molecular flexibility index (Phi) is 9.44. The predicted molar refractivity (Wildman–Crippen MR) is 149 cm³/mol. The Morgan fingerprint density at radius 3 is 2.62 bits per heavy atom. The molecule has 0 saturated carbocycles. The molecule has 0 radical (unpaired) electrons. The molecule has 3 aromatic carbocycles. The maximum absolute atomic E-state index is 12.3. The van der Waals surface area contributed by atoms with Crippen molar-refractivity contribution in [1.82, 2.24) is 14.9 Å². The summed E-state index contributed by atoms with van der Waals surface area (Å²) in [7, 11) is 0. The predicted octanol–water partition coefficient (Wildman–Crippen LogP) is 6.29. The van der Waals surface area contributed by atoms with Crippen LogP contribution in [0.5, 0.6) is 11.5 Å². The van der Waals surface area contributed by atoms with Crippen molar-refractivity contribution in [3.63, 3.8) is 0 Å². The topological polar surface area (TPSA) is 65.4 Å². The van der Waals surface area contributed by atoms with Crippen LogP contribution in [0.25, 0.3) is 11.0 Å². The number of fused-ring (bicyclic) bond motifs is 1. The number of benzene rings is 3. The Labute approximate surface area is 223 Å². The lowest BCUT2D eigenvalue weighted by Gasteiger charge is -2.11. The number of aryl methyl sites for hydroxylation is 4. The summed E-state index contributed by atoms with van der Waals surface area (Å²) in [4.78, 5) is 17.1. The summed E-state index contributed by atoms with van der Waals surface area (Å²) in [6.45, 7) is 6.10. The van der Waals surface area contributed by atoms with Crippen molar-refractivity contribution < 1.29 is 14.3 Å². The number of rotatable bonds is 13. The van der Waals surface area contributed by atoms with Crippen molar-refractivity contribution in [2.75, 3.05) is 19.8 Å². The van der Waals surface area contributed by atoms with Crippen molar-refractivity contribution in [1.29, 1.82) is 0 Å². The van der Waals surface area contributed by atoms with E-state index in [2.05, 4.69) is 16.0 Å². The Balaban J connectivity index is 1.23. The number of amides is 1. The second-order valence-corrected chi connectivity index (χ2v) is 9.63. The molecule has 37 heavy (non-hydrogen) atoms. The first-order chi connectivity index (χ1) is 18.0. The number of imidazole rings is 1. The second-order valence-electron chi connectivity index (χ2n) is 9.19. The number of hydrogen-bond acceptors (Lipinski definition) is 4. The number of halogens is 1. The van der Waals surface area contributed by atoms with Crippen LogP contribution in [0, 0.1) is 13.8 Å². The highest BCUT2D eigenvalue weighted by molar-refractivity contribution is 6.30. The number of ether oxygens (including phenoxy) is 2. The molecule has 0 bridgehead atoms. The van der Waals surface area contributed by atoms with E-state index in [1.165, 1.54) is 0 Å². The lowest BCUT2D eigenvalue weighted by molar-refractivity contribution is -0.123. The molecule has 1 N–H and O–H groups in total. The van der Waals surface area contributed by atoms with Crippen molar-refractivity contribution >= 4 is 28.5 Å². The summed E-state index contributed by atoms with van der Waals surface area (Å²) in [6.07, 6.45) is 3.50. The van der Waals surface area contributed by atoms with Crippen LogP contribution in [0.15, 0.2) is 66.7 Å². The third kappa shape index (κ3) is 7.73. The van der Waals surface area contributed by atoms with Crippen molar-refractivity contribution in [2.45, 2.75) is 46.1 Å². The van der Waals surface area contributed by atoms with Crippen molar-refractivity contribution in [2.24, 2.45) is 0 Å². The fraction of sp³-hybridized carbons (Fsp3) is 0.333. The standard InChI is InChI=1S/C30H34ClN3O3/c1-22-11-12-23(2)28(20-22)37-21-30(35)32-17-7-10-29-33-26-8-3-4-9-27(26)34(29)18-5-6-19-36-25-15-13-24(31)14-16-25/h3-4,8-9,11-16,20H,5-7,10,17-19,21H2,1-2H3,(H,32,35). The van der Waals surface area contributed by atoms with Gasteiger partial charge in [-0.2, -0.15) is 0 Å². The first-order valence-corrected chi connectivity index (χ1v) is 13.2. The smallest absolute Gasteiger partial charge is 0.257 e. The zero-order chi connectivity index (χ0) is 26.0. The van der Waals surface area contributed by atoms with Gasteiger partial charge < -0.3 is 19.4 Å². The largest absolute Gasteiger partial charge is 0.494 e. The molecular formula is C30H34ClN3O3. The molecule has 0 unspecified atom stereocenters. The fourth-order valence-corrected chi connectivity index (χ4v) is 4.32. The van der Waals surface area contributed by atoms with Gasteiger partial charge in [-0.25, -0.2) is 4.98 Å². The van der Waals surface area contributed by atoms with Gasteiger partial charge in [0.2, 0.25) is 0 Å². The molecule has 0 spiro atoms. The summed E-state index contributed by atoms with van der Waals surface area (Å²) in [5.74, 6) is 2.51. The van der Waals surface area contributed by atoms with Gasteiger partial charge >= 0.3 is 0 Å². The lowest BCUT2D eigenvalue weighted by Crippen LogP contribution is -2.30. The first-order valence-electron chi connectivity index (χ1n) is 12.8. The van der Waals surface area contributed by atoms with E-state index in [-0.39, 0.29) is 12.5 Å². The van der Waals surface area contributed by atoms with E-state index in [9.17, 15) is 4.79 Å². The molecule has 6 nitrogen and oxygen atoms in total. The molecule has 1 amide bonds. The monoisotopic (exact) mass is 519 g/mol. The van der Waals surface area contributed by atoms with Crippen molar-refractivity contribution in [3.05, 3.63) is 88.7 Å². The Hall–Kier alpha value is -3.51. The van der Waals surface area contributed by atoms with Gasteiger partial charge in [0, 0.05) is 24.5 Å². The molecule has 0 fully saturated rings. The maximum atomic E-state index is 12.3. The minimum absolute atomic E-state index is 0.0148. The Bertz CT molecular complexity index is 1320. The van der Waals surface area contributed by atoms with Crippen LogP contribution < -0.4 is 14.8 Å². The summed E-state index contributed by atoms with van der Waals surface area (Å²) in [5.41, 5.74) is 4.27. The number of carbonyl (C=O) groups excluding carboxylic acids is 1. The van der Waals surface area contributed by atoms with Crippen LogP contribution in [-0.2, 0) is 17.8 Å². The van der Waals surface area contributed by atoms with Crippen LogP contribution in [-0.4, -0.2) is 35.2 Å². The van der Waals surface area contributed by atoms with Crippen LogP contribution in [0.3, 0.4) is 0 Å². The molecule has 4 rings (SSSR count). The molecule has 0 aliphatic rings. The van der Waals surface area contributed by atoms with E-state index in [4.69, 9.17) is 26.1 Å². The van der Waals surface area contributed by atoms with E-state index in [1.54, 1.807) is 0 Å². The molecule has 0 aliphatic heterocycles. The van der Waals surface area contributed by atoms with Gasteiger partial charge in [0.1, 0.15) is 17.3 Å². The molecule has 7 heteroatoms. The van der Waals surface area contributed by atoms with E-state index >= 15 is 0 Å². The molecule has 194 valence electrons. The van der Waals surface area contributed by atoms with Crippen LogP contribution >= 0.6 is 11.6 Å². The Morgan fingerprint density at radius 1 is 0.973 bits per heavy atom. The van der Waals surface area contributed by atoms with Gasteiger partial charge in [0.15, 0.2) is 6.61 Å². The van der Waals surface area contributed by atoms with Gasteiger partial charge in [0.05, 0.1) is 17.6 Å². The second kappa shape index (κ2) is 13.2. The third-order valence-corrected chi connectivity index (χ3v) is 6.45. The minimum Gasteiger partial charge on any atom is -0.494 e. The summed E-state index contributed by atoms with van der Waals surface area (Å²) < 4.78 is 13.8. The normalized spacial score (nSPS) is 11.0. The Morgan fingerprint density at radius 2 is 1.78 bits per heavy atom. The maximum Gasteiger partial charge on any atom is 0.257 e. The first kappa shape index (κ1) is 26.6. The average Bonchev–Trinajstić information content (AvgIpc) is 3.25. The molecule has 0 aliphatic carbocycles. The number of carbonyl (C=O) groups is 1. The van der Waals surface area contributed by atoms with E-state index in [0.29, 0.717) is 18.2 Å². The SMILES string of the molecule is Cc1ccc(C)c(OCC(=O)NCCCc2nc3ccccc3n2CCCCOc2ccc(Cl)cc2)c1. The summed E-state index contributed by atoms with van der Waals surface area (Å²) in [5, 5.41) is 3.67. The fourth-order valence-electron chi connectivity index (χ4n) is 4.19. The van der Waals surface area contributed by atoms with E-state index < -0.39 is 0 Å². The van der Waals surface area contributed by atoms with E-state index in [1.807, 2.05) is 74.5 Å². The highest BCUT2D eigenvalue weighted by Gasteiger charge is 2.11. The zero-order valence-corrected chi connectivity index (χ0v) is 22.3.